The van der Waals surface area contributed by atoms with E-state index < -0.39 is 0 Å². The third kappa shape index (κ3) is 7.78. The van der Waals surface area contributed by atoms with Gasteiger partial charge in [-0.05, 0) is 48.6 Å². The fourth-order valence-electron chi connectivity index (χ4n) is 4.74. The van der Waals surface area contributed by atoms with E-state index in [1.807, 2.05) is 48.2 Å². The zero-order valence-corrected chi connectivity index (χ0v) is 22.0. The molecule has 192 valence electrons. The van der Waals surface area contributed by atoms with E-state index in [1.165, 1.54) is 28.8 Å². The van der Waals surface area contributed by atoms with Crippen molar-refractivity contribution < 1.29 is 9.59 Å². The van der Waals surface area contributed by atoms with Gasteiger partial charge in [0.05, 0.1) is 6.04 Å². The van der Waals surface area contributed by atoms with E-state index in [-0.39, 0.29) is 23.9 Å². The van der Waals surface area contributed by atoms with Crippen molar-refractivity contribution in [2.24, 2.45) is 0 Å². The maximum Gasteiger partial charge on any atom is 0.246 e. The van der Waals surface area contributed by atoms with Crippen molar-refractivity contribution in [1.82, 2.24) is 15.1 Å². The summed E-state index contributed by atoms with van der Waals surface area (Å²) in [6.07, 6.45) is 4.49. The molecular formula is C31H34ClN3O2. The first-order valence-corrected chi connectivity index (χ1v) is 13.2. The molecule has 3 aromatic carbocycles. The monoisotopic (exact) mass is 515 g/mol. The molecule has 2 amide bonds. The number of halogens is 1. The Morgan fingerprint density at radius 2 is 1.43 bits per heavy atom. The van der Waals surface area contributed by atoms with Gasteiger partial charge >= 0.3 is 0 Å². The Bertz CT molecular complexity index is 1170. The van der Waals surface area contributed by atoms with Gasteiger partial charge < -0.3 is 10.2 Å². The molecule has 2 unspecified atom stereocenters. The van der Waals surface area contributed by atoms with Crippen molar-refractivity contribution in [3.8, 4) is 0 Å². The number of rotatable bonds is 9. The minimum absolute atomic E-state index is 0.0267. The van der Waals surface area contributed by atoms with Gasteiger partial charge in [-0.3, -0.25) is 14.5 Å². The second kappa shape index (κ2) is 13.2. The first kappa shape index (κ1) is 26.6. The molecule has 0 bridgehead atoms. The van der Waals surface area contributed by atoms with E-state index in [4.69, 9.17) is 11.6 Å². The number of aryl methyl sites for hydroxylation is 1. The fraction of sp³-hybridized carbons (Fsp3) is 0.290. The van der Waals surface area contributed by atoms with E-state index >= 15 is 0 Å². The van der Waals surface area contributed by atoms with Crippen molar-refractivity contribution in [2.45, 2.75) is 31.8 Å². The summed E-state index contributed by atoms with van der Waals surface area (Å²) in [5.41, 5.74) is 3.63. The van der Waals surface area contributed by atoms with Gasteiger partial charge in [-0.25, -0.2) is 0 Å². The molecule has 1 fully saturated rings. The van der Waals surface area contributed by atoms with Gasteiger partial charge in [0.25, 0.3) is 0 Å². The van der Waals surface area contributed by atoms with Gasteiger partial charge in [0.2, 0.25) is 11.8 Å². The minimum Gasteiger partial charge on any atom is -0.350 e. The normalized spacial score (nSPS) is 15.9. The molecular weight excluding hydrogens is 482 g/mol. The van der Waals surface area contributed by atoms with Crippen LogP contribution in [0.25, 0.3) is 0 Å². The van der Waals surface area contributed by atoms with E-state index in [9.17, 15) is 9.59 Å². The Morgan fingerprint density at radius 3 is 2.08 bits per heavy atom. The van der Waals surface area contributed by atoms with Crippen LogP contribution in [-0.2, 0) is 16.0 Å². The molecule has 0 saturated carbocycles. The Morgan fingerprint density at radius 1 is 0.838 bits per heavy atom. The molecule has 5 nitrogen and oxygen atoms in total. The third-order valence-corrected chi connectivity index (χ3v) is 7.02. The van der Waals surface area contributed by atoms with E-state index in [1.54, 1.807) is 0 Å². The lowest BCUT2D eigenvalue weighted by molar-refractivity contribution is -0.128. The van der Waals surface area contributed by atoms with Gasteiger partial charge in [-0.15, -0.1) is 0 Å². The molecule has 6 heteroatoms. The van der Waals surface area contributed by atoms with E-state index in [2.05, 4.69) is 58.7 Å². The molecule has 37 heavy (non-hydrogen) atoms. The fourth-order valence-corrected chi connectivity index (χ4v) is 4.86. The van der Waals surface area contributed by atoms with Gasteiger partial charge in [-0.1, -0.05) is 84.4 Å². The Labute approximate surface area is 224 Å². The van der Waals surface area contributed by atoms with Crippen LogP contribution in [0.4, 0.5) is 0 Å². The molecule has 3 aromatic rings. The SMILES string of the molecule is CC(CCc1ccccc1)NC(=O)/C=C\C(=O)N1CCN(C(c2ccccc2)c2ccc(Cl)cc2)CC1. The van der Waals surface area contributed by atoms with E-state index in [0.29, 0.717) is 18.1 Å². The van der Waals surface area contributed by atoms with Crippen molar-refractivity contribution >= 4 is 23.4 Å². The maximum atomic E-state index is 12.8. The number of hydrogen-bond donors (Lipinski definition) is 1. The van der Waals surface area contributed by atoms with Crippen LogP contribution in [0.3, 0.4) is 0 Å². The van der Waals surface area contributed by atoms with E-state index in [0.717, 1.165) is 25.9 Å². The number of carbonyl (C=O) groups excluding carboxylic acids is 2. The minimum atomic E-state index is -0.237. The van der Waals surface area contributed by atoms with Crippen LogP contribution in [-0.4, -0.2) is 53.8 Å². The van der Waals surface area contributed by atoms with Gasteiger partial charge in [0.15, 0.2) is 0 Å². The summed E-state index contributed by atoms with van der Waals surface area (Å²) in [6, 6.07) is 28.7. The smallest absolute Gasteiger partial charge is 0.246 e. The van der Waals surface area contributed by atoms with Crippen molar-refractivity contribution in [3.05, 3.63) is 119 Å². The molecule has 1 aliphatic rings. The lowest BCUT2D eigenvalue weighted by atomic mass is 9.96. The summed E-state index contributed by atoms with van der Waals surface area (Å²) in [4.78, 5) is 29.3. The average Bonchev–Trinajstić information content (AvgIpc) is 2.93. The quantitative estimate of drug-likeness (QED) is 0.395. The third-order valence-electron chi connectivity index (χ3n) is 6.77. The van der Waals surface area contributed by atoms with Crippen LogP contribution in [0.2, 0.25) is 5.02 Å². The second-order valence-corrected chi connectivity index (χ2v) is 9.93. The molecule has 4 rings (SSSR count). The standard InChI is InChI=1S/C31H34ClN3O2/c1-24(12-13-25-8-4-2-5-9-25)33-29(36)18-19-30(37)34-20-22-35(23-21-34)31(26-10-6-3-7-11-26)27-14-16-28(32)17-15-27/h2-11,14-19,24,31H,12-13,20-23H2,1H3,(H,33,36)/b19-18-. The van der Waals surface area contributed by atoms with Crippen LogP contribution in [0.15, 0.2) is 97.1 Å². The summed E-state index contributed by atoms with van der Waals surface area (Å²) in [5, 5.41) is 3.67. The summed E-state index contributed by atoms with van der Waals surface area (Å²) < 4.78 is 0. The number of benzene rings is 3. The van der Waals surface area contributed by atoms with Crippen LogP contribution in [0.1, 0.15) is 36.1 Å². The van der Waals surface area contributed by atoms with Crippen LogP contribution in [0, 0.1) is 0 Å². The number of piperazine rings is 1. The molecule has 1 N–H and O–H groups in total. The molecule has 0 radical (unpaired) electrons. The largest absolute Gasteiger partial charge is 0.350 e. The summed E-state index contributed by atoms with van der Waals surface area (Å²) in [5.74, 6) is -0.367. The zero-order valence-electron chi connectivity index (χ0n) is 21.2. The van der Waals surface area contributed by atoms with Gasteiger partial charge in [0, 0.05) is 49.4 Å². The molecule has 2 atom stereocenters. The number of hydrogen-bond acceptors (Lipinski definition) is 3. The lowest BCUT2D eigenvalue weighted by Crippen LogP contribution is -2.49. The number of carbonyl (C=O) groups is 2. The molecule has 0 spiro atoms. The van der Waals surface area contributed by atoms with Crippen LogP contribution >= 0.6 is 11.6 Å². The van der Waals surface area contributed by atoms with Crippen molar-refractivity contribution in [3.63, 3.8) is 0 Å². The highest BCUT2D eigenvalue weighted by molar-refractivity contribution is 6.30. The van der Waals surface area contributed by atoms with Gasteiger partial charge in [-0.2, -0.15) is 0 Å². The van der Waals surface area contributed by atoms with Crippen molar-refractivity contribution in [1.29, 1.82) is 0 Å². The molecule has 1 aliphatic heterocycles. The van der Waals surface area contributed by atoms with Crippen LogP contribution in [0.5, 0.6) is 0 Å². The van der Waals surface area contributed by atoms with Crippen LogP contribution < -0.4 is 5.32 Å². The predicted molar refractivity (Wildman–Crippen MR) is 149 cm³/mol. The highest BCUT2D eigenvalue weighted by Gasteiger charge is 2.27. The molecule has 0 aliphatic carbocycles. The highest BCUT2D eigenvalue weighted by Crippen LogP contribution is 2.30. The molecule has 1 heterocycles. The Balaban J connectivity index is 1.29. The number of nitrogens with one attached hydrogen (secondary N) is 1. The Kier molecular flexibility index (Phi) is 9.52. The molecule has 1 saturated heterocycles. The number of amides is 2. The maximum absolute atomic E-state index is 12.8. The average molecular weight is 516 g/mol. The van der Waals surface area contributed by atoms with Gasteiger partial charge in [0.1, 0.15) is 0 Å². The highest BCUT2D eigenvalue weighted by atomic mass is 35.5. The summed E-state index contributed by atoms with van der Waals surface area (Å²) >= 11 is 6.13. The predicted octanol–water partition coefficient (Wildman–Crippen LogP) is 5.27. The first-order chi connectivity index (χ1) is 18.0. The number of nitrogens with zero attached hydrogens (tertiary/aromatic N) is 2. The van der Waals surface area contributed by atoms with Crippen molar-refractivity contribution in [2.75, 3.05) is 26.2 Å². The summed E-state index contributed by atoms with van der Waals surface area (Å²) in [6.45, 7) is 4.68. The second-order valence-electron chi connectivity index (χ2n) is 9.49. The topological polar surface area (TPSA) is 52.7 Å². The molecule has 0 aromatic heterocycles. The lowest BCUT2D eigenvalue weighted by Gasteiger charge is -2.39. The summed E-state index contributed by atoms with van der Waals surface area (Å²) in [7, 11) is 0. The Hall–Kier alpha value is -3.41. The first-order valence-electron chi connectivity index (χ1n) is 12.9. The zero-order chi connectivity index (χ0) is 26.0.